The maximum Gasteiger partial charge on any atom is 0.220 e. The Morgan fingerprint density at radius 2 is 2.22 bits per heavy atom. The molecule has 0 atom stereocenters. The number of rotatable bonds is 8. The lowest BCUT2D eigenvalue weighted by atomic mass is 9.84. The van der Waals surface area contributed by atoms with Crippen LogP contribution in [-0.4, -0.2) is 28.5 Å². The van der Waals surface area contributed by atoms with Crippen LogP contribution in [0.15, 0.2) is 18.7 Å². The fraction of sp³-hybridized carbons (Fsp3) is 0.692. The Bertz CT molecular complexity index is 346. The Hall–Kier alpha value is -1.36. The quantitative estimate of drug-likeness (QED) is 0.729. The Kier molecular flexibility index (Phi) is 5.85. The van der Waals surface area contributed by atoms with Crippen LogP contribution in [0.3, 0.4) is 0 Å². The number of hydrogen-bond acceptors (Lipinski definition) is 3. The van der Waals surface area contributed by atoms with Crippen molar-refractivity contribution in [3.8, 4) is 0 Å². The number of aromatic nitrogens is 2. The highest BCUT2D eigenvalue weighted by atomic mass is 16.1. The summed E-state index contributed by atoms with van der Waals surface area (Å²) in [5.74, 6) is 0.111. The van der Waals surface area contributed by atoms with Crippen molar-refractivity contribution in [3.63, 3.8) is 0 Å². The molecule has 0 saturated heterocycles. The minimum atomic E-state index is 0.111. The van der Waals surface area contributed by atoms with Crippen molar-refractivity contribution in [2.75, 3.05) is 13.1 Å². The van der Waals surface area contributed by atoms with Gasteiger partial charge in [-0.3, -0.25) is 4.79 Å². The summed E-state index contributed by atoms with van der Waals surface area (Å²) in [5, 5.41) is 2.92. The summed E-state index contributed by atoms with van der Waals surface area (Å²) in [6.45, 7) is 6.39. The number of imidazole rings is 1. The average molecular weight is 252 g/mol. The number of nitrogens with two attached hydrogens (primary N) is 1. The van der Waals surface area contributed by atoms with Gasteiger partial charge < -0.3 is 15.6 Å². The molecule has 3 N–H and O–H groups in total. The molecule has 1 aromatic rings. The second-order valence-corrected chi connectivity index (χ2v) is 5.35. The van der Waals surface area contributed by atoms with Gasteiger partial charge in [0.05, 0.1) is 6.33 Å². The van der Waals surface area contributed by atoms with Gasteiger partial charge in [0.25, 0.3) is 0 Å². The first-order chi connectivity index (χ1) is 8.53. The van der Waals surface area contributed by atoms with E-state index in [1.807, 2.05) is 10.8 Å². The molecule has 102 valence electrons. The summed E-state index contributed by atoms with van der Waals surface area (Å²) >= 11 is 0. The number of nitrogens with one attached hydrogen (secondary N) is 1. The molecule has 0 aliphatic carbocycles. The molecule has 0 saturated carbocycles. The van der Waals surface area contributed by atoms with Crippen molar-refractivity contribution in [2.24, 2.45) is 11.1 Å². The van der Waals surface area contributed by atoms with E-state index < -0.39 is 0 Å². The minimum Gasteiger partial charge on any atom is -0.354 e. The van der Waals surface area contributed by atoms with E-state index in [1.165, 1.54) is 0 Å². The summed E-state index contributed by atoms with van der Waals surface area (Å²) in [4.78, 5) is 15.6. The SMILES string of the molecule is CC(C)(CCN)CCC(=O)NCCn1ccnc1. The van der Waals surface area contributed by atoms with Crippen LogP contribution in [0.25, 0.3) is 0 Å². The van der Waals surface area contributed by atoms with Gasteiger partial charge in [-0.2, -0.15) is 0 Å². The number of carbonyl (C=O) groups is 1. The molecule has 18 heavy (non-hydrogen) atoms. The number of amides is 1. The normalized spacial score (nSPS) is 11.5. The average Bonchev–Trinajstić information content (AvgIpc) is 2.79. The summed E-state index contributed by atoms with van der Waals surface area (Å²) in [5.41, 5.74) is 5.70. The van der Waals surface area contributed by atoms with Crippen molar-refractivity contribution >= 4 is 5.91 Å². The zero-order chi connectivity index (χ0) is 13.4. The highest BCUT2D eigenvalue weighted by Crippen LogP contribution is 2.25. The van der Waals surface area contributed by atoms with Crippen LogP contribution in [0.4, 0.5) is 0 Å². The predicted octanol–water partition coefficient (Wildman–Crippen LogP) is 1.15. The molecule has 0 fully saturated rings. The second-order valence-electron chi connectivity index (χ2n) is 5.35. The van der Waals surface area contributed by atoms with Gasteiger partial charge in [-0.25, -0.2) is 4.98 Å². The highest BCUT2D eigenvalue weighted by molar-refractivity contribution is 5.75. The van der Waals surface area contributed by atoms with Crippen molar-refractivity contribution in [1.82, 2.24) is 14.9 Å². The van der Waals surface area contributed by atoms with Gasteiger partial charge in [0.1, 0.15) is 0 Å². The lowest BCUT2D eigenvalue weighted by Gasteiger charge is -2.23. The van der Waals surface area contributed by atoms with Crippen molar-refractivity contribution in [3.05, 3.63) is 18.7 Å². The van der Waals surface area contributed by atoms with Crippen molar-refractivity contribution < 1.29 is 4.79 Å². The summed E-state index contributed by atoms with van der Waals surface area (Å²) < 4.78 is 1.94. The van der Waals surface area contributed by atoms with Crippen molar-refractivity contribution in [1.29, 1.82) is 0 Å². The molecule has 0 spiro atoms. The molecule has 0 radical (unpaired) electrons. The zero-order valence-corrected chi connectivity index (χ0v) is 11.4. The molecule has 0 aromatic carbocycles. The molecule has 1 aromatic heterocycles. The summed E-state index contributed by atoms with van der Waals surface area (Å²) in [6, 6.07) is 0. The molecule has 1 rings (SSSR count). The topological polar surface area (TPSA) is 72.9 Å². The second kappa shape index (κ2) is 7.16. The van der Waals surface area contributed by atoms with E-state index in [2.05, 4.69) is 24.1 Å². The maximum absolute atomic E-state index is 11.7. The van der Waals surface area contributed by atoms with Gasteiger partial charge >= 0.3 is 0 Å². The Balaban J connectivity index is 2.14. The lowest BCUT2D eigenvalue weighted by molar-refractivity contribution is -0.121. The summed E-state index contributed by atoms with van der Waals surface area (Å²) in [7, 11) is 0. The number of nitrogens with zero attached hydrogens (tertiary/aromatic N) is 2. The molecule has 1 amide bonds. The van der Waals surface area contributed by atoms with Gasteiger partial charge in [0, 0.05) is 31.9 Å². The predicted molar refractivity (Wildman–Crippen MR) is 71.9 cm³/mol. The number of carbonyl (C=O) groups excluding carboxylic acids is 1. The van der Waals surface area contributed by atoms with E-state index in [0.717, 1.165) is 19.4 Å². The fourth-order valence-corrected chi connectivity index (χ4v) is 1.80. The first-order valence-corrected chi connectivity index (χ1v) is 6.46. The molecule has 0 aliphatic rings. The molecule has 0 aliphatic heterocycles. The maximum atomic E-state index is 11.7. The largest absolute Gasteiger partial charge is 0.354 e. The van der Waals surface area contributed by atoms with E-state index in [0.29, 0.717) is 19.5 Å². The fourth-order valence-electron chi connectivity index (χ4n) is 1.80. The third kappa shape index (κ3) is 5.82. The third-order valence-electron chi connectivity index (χ3n) is 3.10. The Morgan fingerprint density at radius 1 is 1.44 bits per heavy atom. The lowest BCUT2D eigenvalue weighted by Crippen LogP contribution is -2.28. The van der Waals surface area contributed by atoms with Crippen LogP contribution in [-0.2, 0) is 11.3 Å². The van der Waals surface area contributed by atoms with Gasteiger partial charge in [0.2, 0.25) is 5.91 Å². The molecule has 0 bridgehead atoms. The number of hydrogen-bond donors (Lipinski definition) is 2. The zero-order valence-electron chi connectivity index (χ0n) is 11.4. The monoisotopic (exact) mass is 252 g/mol. The molecule has 5 heteroatoms. The van der Waals surface area contributed by atoms with Crippen LogP contribution in [0.5, 0.6) is 0 Å². The van der Waals surface area contributed by atoms with Gasteiger partial charge in [-0.05, 0) is 24.8 Å². The van der Waals surface area contributed by atoms with E-state index in [4.69, 9.17) is 5.73 Å². The van der Waals surface area contributed by atoms with E-state index in [1.54, 1.807) is 12.5 Å². The first-order valence-electron chi connectivity index (χ1n) is 6.46. The third-order valence-corrected chi connectivity index (χ3v) is 3.10. The standard InChI is InChI=1S/C13H24N4O/c1-13(2,5-6-14)4-3-12(18)16-8-10-17-9-7-15-11-17/h7,9,11H,3-6,8,10,14H2,1-2H3,(H,16,18). The van der Waals surface area contributed by atoms with Gasteiger partial charge in [-0.15, -0.1) is 0 Å². The van der Waals surface area contributed by atoms with Crippen LogP contribution < -0.4 is 11.1 Å². The Morgan fingerprint density at radius 3 is 2.83 bits per heavy atom. The molecule has 5 nitrogen and oxygen atoms in total. The van der Waals surface area contributed by atoms with Crippen LogP contribution in [0.2, 0.25) is 0 Å². The molecular formula is C13H24N4O. The Labute approximate surface area is 109 Å². The van der Waals surface area contributed by atoms with Gasteiger partial charge in [0.15, 0.2) is 0 Å². The van der Waals surface area contributed by atoms with E-state index in [9.17, 15) is 4.79 Å². The molecular weight excluding hydrogens is 228 g/mol. The smallest absolute Gasteiger partial charge is 0.220 e. The highest BCUT2D eigenvalue weighted by Gasteiger charge is 2.17. The van der Waals surface area contributed by atoms with Crippen LogP contribution in [0.1, 0.15) is 33.1 Å². The van der Waals surface area contributed by atoms with Gasteiger partial charge in [-0.1, -0.05) is 13.8 Å². The van der Waals surface area contributed by atoms with E-state index >= 15 is 0 Å². The van der Waals surface area contributed by atoms with Crippen LogP contribution >= 0.6 is 0 Å². The first kappa shape index (κ1) is 14.7. The van der Waals surface area contributed by atoms with Crippen LogP contribution in [0, 0.1) is 5.41 Å². The van der Waals surface area contributed by atoms with Crippen molar-refractivity contribution in [2.45, 2.75) is 39.7 Å². The minimum absolute atomic E-state index is 0.111. The van der Waals surface area contributed by atoms with E-state index in [-0.39, 0.29) is 11.3 Å². The molecule has 1 heterocycles. The molecule has 0 unspecified atom stereocenters. The summed E-state index contributed by atoms with van der Waals surface area (Å²) in [6.07, 6.45) is 7.76.